The number of aliphatic hydroxyl groups is 1. The van der Waals surface area contributed by atoms with Crippen molar-refractivity contribution in [2.24, 2.45) is 5.73 Å². The lowest BCUT2D eigenvalue weighted by Crippen LogP contribution is -2.39. The molecule has 2 aromatic rings. The molecule has 0 aliphatic carbocycles. The van der Waals surface area contributed by atoms with Crippen LogP contribution in [0.2, 0.25) is 0 Å². The summed E-state index contributed by atoms with van der Waals surface area (Å²) >= 11 is 1.39. The average molecular weight is 440 g/mol. The second-order valence-corrected chi connectivity index (χ2v) is 7.57. The van der Waals surface area contributed by atoms with E-state index in [2.05, 4.69) is 12.3 Å². The molecule has 5 nitrogen and oxygen atoms in total. The van der Waals surface area contributed by atoms with Crippen LogP contribution in [0.5, 0.6) is 0 Å². The van der Waals surface area contributed by atoms with Crippen LogP contribution >= 0.6 is 11.8 Å². The van der Waals surface area contributed by atoms with Crippen molar-refractivity contribution in [3.05, 3.63) is 71.3 Å². The maximum absolute atomic E-state index is 14.1. The van der Waals surface area contributed by atoms with Crippen LogP contribution in [0.4, 0.5) is 8.78 Å². The molecule has 1 heterocycles. The van der Waals surface area contributed by atoms with Crippen molar-refractivity contribution in [2.45, 2.75) is 43.9 Å². The lowest BCUT2D eigenvalue weighted by molar-refractivity contribution is -0.134. The van der Waals surface area contributed by atoms with Crippen LogP contribution in [0.15, 0.2) is 48.5 Å². The molecule has 0 bridgehead atoms. The highest BCUT2D eigenvalue weighted by atomic mass is 32.2. The van der Waals surface area contributed by atoms with E-state index in [9.17, 15) is 13.6 Å². The monoisotopic (exact) mass is 439 g/mol. The molecule has 1 aliphatic rings. The normalized spacial score (nSPS) is 17.5. The number of hydrazine groups is 1. The van der Waals surface area contributed by atoms with Crippen LogP contribution in [0.3, 0.4) is 0 Å². The molecule has 1 amide bonds. The average Bonchev–Trinajstić information content (AvgIpc) is 3.23. The summed E-state index contributed by atoms with van der Waals surface area (Å²) in [6.45, 7) is 4.81. The Kier molecular flexibility index (Phi) is 12.2. The minimum Gasteiger partial charge on any atom is -0.400 e. The van der Waals surface area contributed by atoms with Gasteiger partial charge in [0.2, 0.25) is 5.91 Å². The zero-order valence-corrected chi connectivity index (χ0v) is 18.5. The highest BCUT2D eigenvalue weighted by molar-refractivity contribution is 7.99. The molecule has 30 heavy (non-hydrogen) atoms. The van der Waals surface area contributed by atoms with Crippen molar-refractivity contribution in [3.63, 3.8) is 0 Å². The molecule has 0 aromatic heterocycles. The molecule has 1 aliphatic heterocycles. The zero-order chi connectivity index (χ0) is 22.5. The predicted octanol–water partition coefficient (Wildman–Crippen LogP) is 4.51. The van der Waals surface area contributed by atoms with E-state index in [1.807, 2.05) is 37.3 Å². The smallest absolute Gasteiger partial charge is 0.238 e. The van der Waals surface area contributed by atoms with Gasteiger partial charge in [-0.15, -0.1) is 11.8 Å². The fourth-order valence-electron chi connectivity index (χ4n) is 2.65. The summed E-state index contributed by atoms with van der Waals surface area (Å²) in [4.78, 5) is 12.4. The number of nitrogens with two attached hydrogens (primary N) is 1. The van der Waals surface area contributed by atoms with E-state index in [0.29, 0.717) is 6.42 Å². The quantitative estimate of drug-likeness (QED) is 0.639. The summed E-state index contributed by atoms with van der Waals surface area (Å²) in [5.41, 5.74) is 9.24. The number of hydrogen-bond acceptors (Lipinski definition) is 5. The molecule has 2 atom stereocenters. The molecule has 1 saturated heterocycles. The zero-order valence-electron chi connectivity index (χ0n) is 17.6. The van der Waals surface area contributed by atoms with E-state index in [0.717, 1.165) is 44.2 Å². The van der Waals surface area contributed by atoms with Crippen LogP contribution in [0.25, 0.3) is 0 Å². The number of benzene rings is 2. The Morgan fingerprint density at radius 1 is 1.13 bits per heavy atom. The van der Waals surface area contributed by atoms with Gasteiger partial charge in [-0.3, -0.25) is 9.80 Å². The van der Waals surface area contributed by atoms with Crippen molar-refractivity contribution in [3.8, 4) is 0 Å². The van der Waals surface area contributed by atoms with Crippen LogP contribution < -0.4 is 11.2 Å². The predicted molar refractivity (Wildman–Crippen MR) is 118 cm³/mol. The number of carbonyl (C=O) groups is 1. The van der Waals surface area contributed by atoms with E-state index in [1.54, 1.807) is 5.01 Å². The molecule has 2 aromatic carbocycles. The van der Waals surface area contributed by atoms with Gasteiger partial charge in [-0.2, -0.15) is 0 Å². The number of carbonyl (C=O) groups excluding carboxylic acids is 1. The number of thioether (sulfide) groups is 1. The summed E-state index contributed by atoms with van der Waals surface area (Å²) in [6, 6.07) is 12.9. The van der Waals surface area contributed by atoms with Gasteiger partial charge in [0.15, 0.2) is 0 Å². The standard InChI is InChI=1S/C18H18F2N2OS.C3H9N.CH4O/c1-2-6-16(23)22-18(12-7-4-3-5-8-12)24-17(21-22)14-11-13(19)9-10-15(14)20;1-2-3-4;1-2/h3-5,7-11,17-18,21H,2,6H2,1H3;2-4H2,1H3;2H,1H3. The number of amides is 1. The van der Waals surface area contributed by atoms with Crippen LogP contribution in [-0.4, -0.2) is 29.7 Å². The molecule has 4 N–H and O–H groups in total. The summed E-state index contributed by atoms with van der Waals surface area (Å²) in [5, 5.41) is 7.74. The van der Waals surface area contributed by atoms with E-state index in [4.69, 9.17) is 10.8 Å². The van der Waals surface area contributed by atoms with Gasteiger partial charge in [0.1, 0.15) is 22.4 Å². The first-order chi connectivity index (χ1) is 14.5. The number of hydrogen-bond donors (Lipinski definition) is 3. The third-order valence-electron chi connectivity index (χ3n) is 4.10. The Labute approximate surface area is 181 Å². The molecule has 0 saturated carbocycles. The third kappa shape index (κ3) is 7.36. The first-order valence-corrected chi connectivity index (χ1v) is 10.8. The number of halogens is 2. The van der Waals surface area contributed by atoms with Crippen molar-refractivity contribution in [1.82, 2.24) is 10.4 Å². The number of nitrogens with zero attached hydrogens (tertiary/aromatic N) is 1. The minimum absolute atomic E-state index is 0.0573. The van der Waals surface area contributed by atoms with E-state index < -0.39 is 17.0 Å². The lowest BCUT2D eigenvalue weighted by Gasteiger charge is -2.23. The number of aliphatic hydroxyl groups excluding tert-OH is 1. The van der Waals surface area contributed by atoms with E-state index >= 15 is 0 Å². The SMILES string of the molecule is CCCC(=O)N1NC(c2cc(F)ccc2F)SC1c1ccccc1.CCCN.CO. The molecular formula is C22H31F2N3O2S. The molecule has 2 unspecified atom stereocenters. The van der Waals surface area contributed by atoms with Gasteiger partial charge >= 0.3 is 0 Å². The Bertz CT molecular complexity index is 763. The van der Waals surface area contributed by atoms with E-state index in [-0.39, 0.29) is 16.8 Å². The summed E-state index contributed by atoms with van der Waals surface area (Å²) in [5.74, 6) is -1.04. The van der Waals surface area contributed by atoms with Gasteiger partial charge < -0.3 is 10.8 Å². The maximum atomic E-state index is 14.1. The summed E-state index contributed by atoms with van der Waals surface area (Å²) in [7, 11) is 1.00. The van der Waals surface area contributed by atoms with Gasteiger partial charge in [-0.25, -0.2) is 14.2 Å². The highest BCUT2D eigenvalue weighted by Gasteiger charge is 2.38. The number of rotatable bonds is 5. The largest absolute Gasteiger partial charge is 0.400 e. The Hall–Kier alpha value is -2.00. The maximum Gasteiger partial charge on any atom is 0.238 e. The minimum atomic E-state index is -0.522. The van der Waals surface area contributed by atoms with E-state index in [1.165, 1.54) is 17.8 Å². The van der Waals surface area contributed by atoms with Crippen molar-refractivity contribution >= 4 is 17.7 Å². The molecular weight excluding hydrogens is 408 g/mol. The van der Waals surface area contributed by atoms with Gasteiger partial charge in [-0.05, 0) is 43.1 Å². The molecule has 166 valence electrons. The van der Waals surface area contributed by atoms with Gasteiger partial charge in [-0.1, -0.05) is 44.2 Å². The van der Waals surface area contributed by atoms with Gasteiger partial charge in [0, 0.05) is 19.1 Å². The second-order valence-electron chi connectivity index (χ2n) is 6.38. The van der Waals surface area contributed by atoms with Crippen LogP contribution in [0, 0.1) is 11.6 Å². The van der Waals surface area contributed by atoms with Crippen molar-refractivity contribution in [1.29, 1.82) is 0 Å². The first kappa shape index (κ1) is 26.0. The molecule has 8 heteroatoms. The molecule has 1 fully saturated rings. The number of nitrogens with one attached hydrogen (secondary N) is 1. The summed E-state index contributed by atoms with van der Waals surface area (Å²) in [6.07, 6.45) is 2.22. The fourth-order valence-corrected chi connectivity index (χ4v) is 4.03. The van der Waals surface area contributed by atoms with Crippen molar-refractivity contribution < 1.29 is 18.7 Å². The molecule has 0 radical (unpaired) electrons. The molecule has 0 spiro atoms. The Morgan fingerprint density at radius 2 is 1.77 bits per heavy atom. The molecule has 3 rings (SSSR count). The summed E-state index contributed by atoms with van der Waals surface area (Å²) < 4.78 is 27.6. The third-order valence-corrected chi connectivity index (χ3v) is 5.47. The van der Waals surface area contributed by atoms with Gasteiger partial charge in [0.05, 0.1) is 0 Å². The first-order valence-electron chi connectivity index (χ1n) is 9.90. The van der Waals surface area contributed by atoms with Crippen LogP contribution in [-0.2, 0) is 4.79 Å². The van der Waals surface area contributed by atoms with Crippen molar-refractivity contribution in [2.75, 3.05) is 13.7 Å². The Morgan fingerprint density at radius 3 is 2.33 bits per heavy atom. The van der Waals surface area contributed by atoms with Crippen LogP contribution in [0.1, 0.15) is 55.0 Å². The topological polar surface area (TPSA) is 78.6 Å². The lowest BCUT2D eigenvalue weighted by atomic mass is 10.2. The fraction of sp³-hybridized carbons (Fsp3) is 0.409. The Balaban J connectivity index is 0.000000673. The second kappa shape index (κ2) is 14.1. The van der Waals surface area contributed by atoms with Gasteiger partial charge in [0.25, 0.3) is 0 Å². The highest BCUT2D eigenvalue weighted by Crippen LogP contribution is 2.47.